The normalized spacial score (nSPS) is 13.5. The predicted molar refractivity (Wildman–Crippen MR) is 370 cm³/mol. The van der Waals surface area contributed by atoms with Crippen LogP contribution in [0, 0.1) is 0 Å². The fourth-order valence-electron chi connectivity index (χ4n) is 8.88. The molecular weight excluding hydrogens is 1030 g/mol. The van der Waals surface area contributed by atoms with Crippen LogP contribution in [-0.4, -0.2) is 36.4 Å². The van der Waals surface area contributed by atoms with Crippen LogP contribution in [0.25, 0.3) is 0 Å². The first kappa shape index (κ1) is 78.7. The minimum Gasteiger partial charge on any atom is -0.462 e. The molecule has 0 spiro atoms. The molecule has 0 radical (unpaired) electrons. The van der Waals surface area contributed by atoms with Crippen molar-refractivity contribution in [3.63, 3.8) is 0 Å². The van der Waals surface area contributed by atoms with E-state index in [1.807, 2.05) is 0 Å². The van der Waals surface area contributed by atoms with E-state index in [-0.39, 0.29) is 25.2 Å². The molecule has 0 fully saturated rings. The largest absolute Gasteiger partial charge is 0.462 e. The zero-order chi connectivity index (χ0) is 60.5. The summed E-state index contributed by atoms with van der Waals surface area (Å²) < 4.78 is 10.7. The molecule has 0 saturated carbocycles. The molecule has 0 aromatic heterocycles. The molecule has 1 N–H and O–H groups in total. The highest BCUT2D eigenvalue weighted by molar-refractivity contribution is 5.70. The van der Waals surface area contributed by atoms with E-state index < -0.39 is 6.10 Å². The molecule has 0 rings (SSSR count). The summed E-state index contributed by atoms with van der Waals surface area (Å²) in [5.41, 5.74) is 0. The molecule has 0 bridgehead atoms. The Balaban J connectivity index is 3.63. The van der Waals surface area contributed by atoms with E-state index in [1.54, 1.807) is 0 Å². The first-order chi connectivity index (χ1) is 41.6. The number of carbonyl (C=O) groups is 2. The first-order valence-electron chi connectivity index (χ1n) is 34.0. The van der Waals surface area contributed by atoms with Crippen molar-refractivity contribution in [2.24, 2.45) is 0 Å². The van der Waals surface area contributed by atoms with Crippen LogP contribution in [0.3, 0.4) is 0 Å². The van der Waals surface area contributed by atoms with Crippen LogP contribution in [0.15, 0.2) is 194 Å². The van der Waals surface area contributed by atoms with Crippen molar-refractivity contribution in [3.05, 3.63) is 194 Å². The van der Waals surface area contributed by atoms with Gasteiger partial charge in [-0.3, -0.25) is 9.59 Å². The van der Waals surface area contributed by atoms with Crippen LogP contribution in [0.1, 0.15) is 271 Å². The van der Waals surface area contributed by atoms with Crippen molar-refractivity contribution in [2.45, 2.75) is 277 Å². The molecular formula is C79H124O5. The van der Waals surface area contributed by atoms with Gasteiger partial charge in [-0.25, -0.2) is 0 Å². The van der Waals surface area contributed by atoms with Crippen LogP contribution in [0.4, 0.5) is 0 Å². The second-order valence-corrected chi connectivity index (χ2v) is 21.8. The van der Waals surface area contributed by atoms with E-state index in [9.17, 15) is 14.7 Å². The van der Waals surface area contributed by atoms with Gasteiger partial charge in [-0.05, 0) is 141 Å². The van der Waals surface area contributed by atoms with Crippen molar-refractivity contribution in [1.29, 1.82) is 0 Å². The van der Waals surface area contributed by atoms with Crippen LogP contribution >= 0.6 is 0 Å². The van der Waals surface area contributed by atoms with Gasteiger partial charge >= 0.3 is 11.9 Å². The fourth-order valence-corrected chi connectivity index (χ4v) is 8.88. The average Bonchev–Trinajstić information content (AvgIpc) is 3.51. The number of allylic oxidation sites excluding steroid dienone is 32. The molecule has 0 aromatic carbocycles. The Morgan fingerprint density at radius 2 is 0.476 bits per heavy atom. The summed E-state index contributed by atoms with van der Waals surface area (Å²) in [6.45, 7) is 3.90. The molecule has 0 aliphatic rings. The van der Waals surface area contributed by atoms with E-state index in [2.05, 4.69) is 208 Å². The highest BCUT2D eigenvalue weighted by Crippen LogP contribution is 2.16. The third-order valence-corrected chi connectivity index (χ3v) is 13.9. The molecule has 0 amide bonds. The maximum atomic E-state index is 12.4. The Labute approximate surface area is 518 Å². The van der Waals surface area contributed by atoms with Crippen LogP contribution in [-0.2, 0) is 19.1 Å². The second kappa shape index (κ2) is 72.0. The molecule has 84 heavy (non-hydrogen) atoms. The number of esters is 2. The molecule has 0 saturated heterocycles. The number of hydrogen-bond donors (Lipinski definition) is 1. The van der Waals surface area contributed by atoms with Crippen molar-refractivity contribution in [1.82, 2.24) is 0 Å². The number of hydrogen-bond acceptors (Lipinski definition) is 5. The van der Waals surface area contributed by atoms with Crippen LogP contribution in [0.2, 0.25) is 0 Å². The lowest BCUT2D eigenvalue weighted by atomic mass is 10.0. The van der Waals surface area contributed by atoms with Gasteiger partial charge in [-0.1, -0.05) is 311 Å². The van der Waals surface area contributed by atoms with Gasteiger partial charge in [-0.2, -0.15) is 0 Å². The number of ether oxygens (including phenoxy) is 2. The maximum absolute atomic E-state index is 12.4. The maximum Gasteiger partial charge on any atom is 0.306 e. The summed E-state index contributed by atoms with van der Waals surface area (Å²) in [7, 11) is 0. The summed E-state index contributed by atoms with van der Waals surface area (Å²) >= 11 is 0. The van der Waals surface area contributed by atoms with E-state index in [4.69, 9.17) is 9.47 Å². The minimum atomic E-state index is -0.801. The predicted octanol–water partition coefficient (Wildman–Crippen LogP) is 24.0. The summed E-state index contributed by atoms with van der Waals surface area (Å²) in [5, 5.41) is 9.69. The van der Waals surface area contributed by atoms with Crippen LogP contribution in [0.5, 0.6) is 0 Å². The summed E-state index contributed by atoms with van der Waals surface area (Å²) in [6.07, 6.45) is 114. The van der Waals surface area contributed by atoms with Gasteiger partial charge in [0.05, 0.1) is 6.61 Å². The molecule has 5 heteroatoms. The van der Waals surface area contributed by atoms with Gasteiger partial charge in [0, 0.05) is 12.8 Å². The van der Waals surface area contributed by atoms with Gasteiger partial charge < -0.3 is 14.6 Å². The fraction of sp³-hybridized carbons (Fsp3) is 0.570. The minimum absolute atomic E-state index is 0.0868. The van der Waals surface area contributed by atoms with E-state index in [1.165, 1.54) is 89.9 Å². The molecule has 470 valence electrons. The zero-order valence-corrected chi connectivity index (χ0v) is 53.8. The smallest absolute Gasteiger partial charge is 0.306 e. The molecule has 0 heterocycles. The average molecular weight is 1150 g/mol. The number of aliphatic hydroxyl groups is 1. The second-order valence-electron chi connectivity index (χ2n) is 21.8. The van der Waals surface area contributed by atoms with Gasteiger partial charge in [0.15, 0.2) is 6.10 Å². The Hall–Kier alpha value is -5.26. The van der Waals surface area contributed by atoms with Crippen molar-refractivity contribution < 1.29 is 24.2 Å². The Kier molecular flexibility index (Phi) is 67.5. The number of carbonyl (C=O) groups excluding carboxylic acids is 2. The quantitative estimate of drug-likeness (QED) is 0.0373. The molecule has 5 nitrogen and oxygen atoms in total. The van der Waals surface area contributed by atoms with Gasteiger partial charge in [0.2, 0.25) is 0 Å². The molecule has 0 aliphatic carbocycles. The van der Waals surface area contributed by atoms with Gasteiger partial charge in [-0.15, -0.1) is 0 Å². The number of aliphatic hydroxyl groups excluding tert-OH is 1. The topological polar surface area (TPSA) is 72.8 Å². The Bertz CT molecular complexity index is 1930. The Morgan fingerprint density at radius 3 is 0.714 bits per heavy atom. The molecule has 0 aromatic rings. The summed E-state index contributed by atoms with van der Waals surface area (Å²) in [4.78, 5) is 24.6. The standard InChI is InChI=1S/C79H124O5/c1-3-5-7-9-11-13-15-17-19-21-23-25-27-29-31-33-34-35-36-37-38-39-40-41-42-43-44-46-48-50-52-54-56-58-60-62-64-66-68-70-72-74-79(82)84-77(75-80)76-83-78(81)73-71-69-67-65-63-61-59-57-55-53-51-49-47-45-32-30-28-26-24-22-20-18-16-14-12-10-8-6-4-2/h5-8,11-14,17-20,23-26,29,31,34-35,37-38,40-41,43-44,48,50,54,56,60,62,77,80H,3-4,9-10,15-16,21-22,27-28,30,32-33,36,39,42,45-47,49,51-53,55,57-59,61,63-76H2,1-2H3/b7-5-,8-6-,13-11-,14-12-,19-17-,20-18-,25-23-,26-24-,31-29-,35-34-,38-37-,41-40-,44-43-,50-48-,56-54-,62-60-. The van der Waals surface area contributed by atoms with Gasteiger partial charge in [0.25, 0.3) is 0 Å². The lowest BCUT2D eigenvalue weighted by molar-refractivity contribution is -0.161. The third-order valence-electron chi connectivity index (χ3n) is 13.9. The molecule has 0 aliphatic heterocycles. The van der Waals surface area contributed by atoms with Crippen molar-refractivity contribution in [2.75, 3.05) is 13.2 Å². The SMILES string of the molecule is CC/C=C\C/C=C\C/C=C\C/C=C\C/C=C\C/C=C\C/C=C\C/C=C\C/C=C\C/C=C\C/C=C\C/C=C\CCCCCCC(=O)OC(CO)COC(=O)CCCCCCCCCCCCCCCCCC/C=C\C/C=C\C/C=C\C/C=C\CC. The van der Waals surface area contributed by atoms with Crippen molar-refractivity contribution >= 4 is 11.9 Å². The summed E-state index contributed by atoms with van der Waals surface area (Å²) in [6, 6.07) is 0. The van der Waals surface area contributed by atoms with Crippen LogP contribution < -0.4 is 0 Å². The van der Waals surface area contributed by atoms with E-state index >= 15 is 0 Å². The highest BCUT2D eigenvalue weighted by Gasteiger charge is 2.16. The molecule has 1 unspecified atom stereocenters. The molecule has 1 atom stereocenters. The monoisotopic (exact) mass is 1150 g/mol. The lowest BCUT2D eigenvalue weighted by Gasteiger charge is -2.15. The lowest BCUT2D eigenvalue weighted by Crippen LogP contribution is -2.28. The number of rotatable bonds is 60. The van der Waals surface area contributed by atoms with Gasteiger partial charge in [0.1, 0.15) is 6.61 Å². The first-order valence-corrected chi connectivity index (χ1v) is 34.0. The highest BCUT2D eigenvalue weighted by atomic mass is 16.6. The summed E-state index contributed by atoms with van der Waals surface area (Å²) in [5.74, 6) is -0.628. The van der Waals surface area contributed by atoms with Crippen molar-refractivity contribution in [3.8, 4) is 0 Å². The van der Waals surface area contributed by atoms with E-state index in [0.29, 0.717) is 12.8 Å². The zero-order valence-electron chi connectivity index (χ0n) is 53.8. The third kappa shape index (κ3) is 69.2. The van der Waals surface area contributed by atoms with E-state index in [0.717, 1.165) is 154 Å². The number of unbranched alkanes of at least 4 members (excludes halogenated alkanes) is 20. The Morgan fingerprint density at radius 1 is 0.274 bits per heavy atom.